The molecule has 0 aliphatic carbocycles. The third kappa shape index (κ3) is 3.40. The van der Waals surface area contributed by atoms with E-state index >= 15 is 0 Å². The van der Waals surface area contributed by atoms with E-state index in [2.05, 4.69) is 192 Å². The smallest absolute Gasteiger partial charge is 0.249 e. The number of benzene rings is 10. The topological polar surface area (TPSA) is 6.48 Å². The van der Waals surface area contributed by atoms with Crippen molar-refractivity contribution < 1.29 is 0 Å². The van der Waals surface area contributed by atoms with Crippen molar-refractivity contribution >= 4 is 113 Å². The Morgan fingerprint density at radius 3 is 1.14 bits per heavy atom. The Bertz CT molecular complexity index is 3050. The first-order valence-electron chi connectivity index (χ1n) is 19.8. The molecule has 4 heteroatoms. The van der Waals surface area contributed by atoms with Gasteiger partial charge in [-0.05, 0) is 96.7 Å². The van der Waals surface area contributed by atoms with Crippen LogP contribution in [0.25, 0.3) is 54.6 Å². The second-order valence-corrected chi connectivity index (χ2v) is 15.8. The molecule has 0 N–H and O–H groups in total. The summed E-state index contributed by atoms with van der Waals surface area (Å²) in [7, 11) is 0. The second kappa shape index (κ2) is 10.4. The fourth-order valence-corrected chi connectivity index (χ4v) is 11.5. The van der Waals surface area contributed by atoms with Crippen molar-refractivity contribution in [2.75, 3.05) is 9.80 Å². The zero-order valence-corrected chi connectivity index (χ0v) is 30.4. The van der Waals surface area contributed by atoms with E-state index in [4.69, 9.17) is 0 Å². The predicted molar refractivity (Wildman–Crippen MR) is 240 cm³/mol. The number of fused-ring (bicyclic) bond motifs is 14. The van der Waals surface area contributed by atoms with E-state index in [0.717, 1.165) is 0 Å². The van der Waals surface area contributed by atoms with Gasteiger partial charge in [-0.15, -0.1) is 0 Å². The summed E-state index contributed by atoms with van der Waals surface area (Å²) in [5, 5.41) is 8.02. The third-order valence-electron chi connectivity index (χ3n) is 13.4. The van der Waals surface area contributed by atoms with Gasteiger partial charge in [0.2, 0.25) is 13.4 Å². The van der Waals surface area contributed by atoms with Gasteiger partial charge in [0.15, 0.2) is 0 Å². The maximum absolute atomic E-state index is 2.58. The molecular formula is C52H30B2N2. The van der Waals surface area contributed by atoms with Crippen LogP contribution in [0.3, 0.4) is 0 Å². The molecule has 4 aliphatic heterocycles. The molecule has 0 aromatic heterocycles. The molecule has 0 fully saturated rings. The monoisotopic (exact) mass is 704 g/mol. The Labute approximate surface area is 325 Å². The normalized spacial score (nSPS) is 13.9. The summed E-state index contributed by atoms with van der Waals surface area (Å²) in [5.41, 5.74) is 21.4. The van der Waals surface area contributed by atoms with Gasteiger partial charge in [-0.2, -0.15) is 0 Å². The van der Waals surface area contributed by atoms with Gasteiger partial charge < -0.3 is 9.80 Å². The van der Waals surface area contributed by atoms with Crippen LogP contribution in [0.15, 0.2) is 182 Å². The lowest BCUT2D eigenvalue weighted by Crippen LogP contribution is -2.56. The summed E-state index contributed by atoms with van der Waals surface area (Å²) < 4.78 is 0. The minimum Gasteiger partial charge on any atom is -0.311 e. The largest absolute Gasteiger partial charge is 0.311 e. The molecule has 4 aliphatic rings. The molecule has 10 aromatic carbocycles. The third-order valence-corrected chi connectivity index (χ3v) is 13.4. The van der Waals surface area contributed by atoms with Crippen molar-refractivity contribution in [3.8, 4) is 22.3 Å². The lowest BCUT2D eigenvalue weighted by atomic mass is 9.35. The zero-order chi connectivity index (χ0) is 36.2. The molecule has 0 unspecified atom stereocenters. The maximum atomic E-state index is 2.58. The van der Waals surface area contributed by atoms with E-state index in [1.165, 1.54) is 121 Å². The van der Waals surface area contributed by atoms with E-state index in [1.807, 2.05) is 0 Å². The van der Waals surface area contributed by atoms with Crippen LogP contribution in [-0.2, 0) is 0 Å². The van der Waals surface area contributed by atoms with Crippen molar-refractivity contribution in [2.24, 2.45) is 0 Å². The Balaban J connectivity index is 1.21. The highest BCUT2D eigenvalue weighted by atomic mass is 15.2. The standard InChI is InChI=1S/C52H30B2N2/c1-3-15-31(16-4-1)55-43-29-13-21-35-33-19-7-9-27-41(33)53(47(35)43)49-37-23-11-24-38-45(37)46-39(51(49)55)25-12-26-40(46)52-50(38)54-42-28-10-8-20-34(42)36-22-14-30-44(48(36)54)56(52)32-17-5-2-6-18-32/h1-30H. The van der Waals surface area contributed by atoms with Gasteiger partial charge in [-0.25, -0.2) is 0 Å². The minimum absolute atomic E-state index is 0.123. The number of hydrogen-bond acceptors (Lipinski definition) is 2. The van der Waals surface area contributed by atoms with Crippen LogP contribution in [-0.4, -0.2) is 13.4 Å². The van der Waals surface area contributed by atoms with Gasteiger partial charge in [0.25, 0.3) is 0 Å². The van der Waals surface area contributed by atoms with Gasteiger partial charge in [0, 0.05) is 50.3 Å². The molecule has 0 atom stereocenters. The van der Waals surface area contributed by atoms with Crippen LogP contribution < -0.4 is 42.6 Å². The summed E-state index contributed by atoms with van der Waals surface area (Å²) in [5.74, 6) is 0. The first kappa shape index (κ1) is 29.3. The summed E-state index contributed by atoms with van der Waals surface area (Å²) in [6, 6.07) is 68.5. The number of rotatable bonds is 2. The molecule has 0 saturated carbocycles. The number of para-hydroxylation sites is 2. The Hall–Kier alpha value is -7.03. The van der Waals surface area contributed by atoms with Crippen LogP contribution in [0.2, 0.25) is 0 Å². The highest BCUT2D eigenvalue weighted by Gasteiger charge is 2.47. The molecule has 10 aromatic rings. The number of hydrogen-bond donors (Lipinski definition) is 0. The molecule has 14 rings (SSSR count). The van der Waals surface area contributed by atoms with Crippen molar-refractivity contribution in [3.05, 3.63) is 182 Å². The molecule has 254 valence electrons. The molecular weight excluding hydrogens is 674 g/mol. The van der Waals surface area contributed by atoms with E-state index < -0.39 is 0 Å². The molecule has 0 amide bonds. The highest BCUT2D eigenvalue weighted by Crippen LogP contribution is 2.51. The van der Waals surface area contributed by atoms with E-state index in [9.17, 15) is 0 Å². The SMILES string of the molecule is c1ccc(N2c3cccc4c3B(c3ccccc3-4)c3c2c2cccc4c5c(c6cccc3c6c24)B2c3ccccc3-c3cccc(c32)N5c2ccccc2)cc1. The quantitative estimate of drug-likeness (QED) is 0.131. The molecule has 4 heterocycles. The maximum Gasteiger partial charge on any atom is 0.249 e. The lowest BCUT2D eigenvalue weighted by Gasteiger charge is -2.40. The fourth-order valence-electron chi connectivity index (χ4n) is 11.5. The summed E-state index contributed by atoms with van der Waals surface area (Å²) >= 11 is 0. The summed E-state index contributed by atoms with van der Waals surface area (Å²) in [4.78, 5) is 5.16. The van der Waals surface area contributed by atoms with E-state index in [0.29, 0.717) is 0 Å². The fraction of sp³-hybridized carbons (Fsp3) is 0. The highest BCUT2D eigenvalue weighted by molar-refractivity contribution is 7.04. The van der Waals surface area contributed by atoms with Crippen LogP contribution in [0.1, 0.15) is 0 Å². The second-order valence-electron chi connectivity index (χ2n) is 15.8. The van der Waals surface area contributed by atoms with Crippen LogP contribution >= 0.6 is 0 Å². The molecule has 56 heavy (non-hydrogen) atoms. The zero-order valence-electron chi connectivity index (χ0n) is 30.4. The van der Waals surface area contributed by atoms with Crippen molar-refractivity contribution in [1.29, 1.82) is 0 Å². The molecule has 2 nitrogen and oxygen atoms in total. The van der Waals surface area contributed by atoms with Gasteiger partial charge in [0.05, 0.1) is 0 Å². The number of nitrogens with zero attached hydrogens (tertiary/aromatic N) is 2. The average molecular weight is 704 g/mol. The predicted octanol–water partition coefficient (Wildman–Crippen LogP) is 9.14. The lowest BCUT2D eigenvalue weighted by molar-refractivity contribution is 1.31. The van der Waals surface area contributed by atoms with Crippen LogP contribution in [0.4, 0.5) is 34.1 Å². The minimum atomic E-state index is 0.123. The van der Waals surface area contributed by atoms with Crippen LogP contribution in [0, 0.1) is 0 Å². The molecule has 0 saturated heterocycles. The van der Waals surface area contributed by atoms with Crippen molar-refractivity contribution in [2.45, 2.75) is 0 Å². The average Bonchev–Trinajstić information content (AvgIpc) is 3.79. The van der Waals surface area contributed by atoms with Gasteiger partial charge in [0.1, 0.15) is 0 Å². The van der Waals surface area contributed by atoms with Gasteiger partial charge in [-0.3, -0.25) is 0 Å². The summed E-state index contributed by atoms with van der Waals surface area (Å²) in [6.45, 7) is 0.246. The van der Waals surface area contributed by atoms with E-state index in [-0.39, 0.29) is 13.4 Å². The first-order valence-corrected chi connectivity index (χ1v) is 19.8. The van der Waals surface area contributed by atoms with Crippen LogP contribution in [0.5, 0.6) is 0 Å². The van der Waals surface area contributed by atoms with Gasteiger partial charge in [-0.1, -0.05) is 157 Å². The van der Waals surface area contributed by atoms with Crippen molar-refractivity contribution in [3.63, 3.8) is 0 Å². The first-order chi connectivity index (χ1) is 27.9. The van der Waals surface area contributed by atoms with Crippen molar-refractivity contribution in [1.82, 2.24) is 0 Å². The van der Waals surface area contributed by atoms with E-state index in [1.54, 1.807) is 0 Å². The summed E-state index contributed by atoms with van der Waals surface area (Å²) in [6.07, 6.45) is 0. The molecule has 0 bridgehead atoms. The Morgan fingerprint density at radius 2 is 0.661 bits per heavy atom. The number of anilines is 6. The Kier molecular flexibility index (Phi) is 5.44. The van der Waals surface area contributed by atoms with Gasteiger partial charge >= 0.3 is 0 Å². The molecule has 0 spiro atoms. The molecule has 0 radical (unpaired) electrons. The Morgan fingerprint density at radius 1 is 0.286 bits per heavy atom.